The average Bonchev–Trinajstić information content (AvgIpc) is 2.69. The zero-order valence-corrected chi connectivity index (χ0v) is 9.72. The maximum absolute atomic E-state index is 11.2. The molecule has 0 bridgehead atoms. The van der Waals surface area contributed by atoms with E-state index in [1.807, 2.05) is 18.2 Å². The van der Waals surface area contributed by atoms with Crippen molar-refractivity contribution in [2.75, 3.05) is 0 Å². The average molecular weight is 246 g/mol. The fourth-order valence-electron chi connectivity index (χ4n) is 1.48. The molecule has 1 aromatic carbocycles. The summed E-state index contributed by atoms with van der Waals surface area (Å²) in [6.07, 6.45) is 5.02. The van der Waals surface area contributed by atoms with E-state index in [-0.39, 0.29) is 4.06 Å². The molecular weight excluding hydrogens is 240 g/mol. The van der Waals surface area contributed by atoms with Gasteiger partial charge >= 0.3 is 0 Å². The van der Waals surface area contributed by atoms with Gasteiger partial charge in [-0.15, -0.1) is 0 Å². The van der Waals surface area contributed by atoms with Crippen molar-refractivity contribution in [1.29, 1.82) is 0 Å². The van der Waals surface area contributed by atoms with E-state index in [0.29, 0.717) is 0 Å². The summed E-state index contributed by atoms with van der Waals surface area (Å²) in [6, 6.07) is 5.92. The summed E-state index contributed by atoms with van der Waals surface area (Å²) < 4.78 is 2.17. The van der Waals surface area contributed by atoms with Gasteiger partial charge in [0.25, 0.3) is 4.06 Å². The Labute approximate surface area is 99.1 Å². The molecule has 0 saturated heterocycles. The summed E-state index contributed by atoms with van der Waals surface area (Å²) >= 11 is 2.56. The highest BCUT2D eigenvalue weighted by atomic mass is 32.2. The Hall–Kier alpha value is -1.59. The minimum Gasteiger partial charge on any atom is -0.265 e. The number of nitrogens with zero attached hydrogens (tertiary/aromatic N) is 2. The Kier molecular flexibility index (Phi) is 2.27. The van der Waals surface area contributed by atoms with Gasteiger partial charge in [0, 0.05) is 27.4 Å². The van der Waals surface area contributed by atoms with Crippen LogP contribution in [0.4, 0.5) is 0 Å². The van der Waals surface area contributed by atoms with E-state index in [1.54, 1.807) is 18.6 Å². The molecule has 0 unspecified atom stereocenters. The van der Waals surface area contributed by atoms with E-state index < -0.39 is 0 Å². The van der Waals surface area contributed by atoms with Crippen LogP contribution in [0.25, 0.3) is 20.7 Å². The van der Waals surface area contributed by atoms with E-state index in [9.17, 15) is 4.79 Å². The van der Waals surface area contributed by atoms with Gasteiger partial charge in [-0.05, 0) is 12.1 Å². The largest absolute Gasteiger partial charge is 0.288 e. The summed E-state index contributed by atoms with van der Waals surface area (Å²) in [5, 5.41) is 0. The highest BCUT2D eigenvalue weighted by Crippen LogP contribution is 2.26. The number of benzene rings is 1. The van der Waals surface area contributed by atoms with Gasteiger partial charge in [0.2, 0.25) is 0 Å². The van der Waals surface area contributed by atoms with Gasteiger partial charge < -0.3 is 0 Å². The van der Waals surface area contributed by atoms with Gasteiger partial charge in [0.15, 0.2) is 0 Å². The van der Waals surface area contributed by atoms with Gasteiger partial charge in [-0.1, -0.05) is 28.7 Å². The molecule has 3 aromatic rings. The second-order valence-corrected chi connectivity index (χ2v) is 5.49. The van der Waals surface area contributed by atoms with E-state index in [1.165, 1.54) is 22.7 Å². The van der Waals surface area contributed by atoms with E-state index in [2.05, 4.69) is 9.97 Å². The van der Waals surface area contributed by atoms with E-state index in [4.69, 9.17) is 0 Å². The Bertz CT molecular complexity index is 688. The number of rotatable bonds is 1. The van der Waals surface area contributed by atoms with Crippen molar-refractivity contribution in [2.24, 2.45) is 0 Å². The number of hydrogen-bond donors (Lipinski definition) is 0. The smallest absolute Gasteiger partial charge is 0.265 e. The molecule has 3 nitrogen and oxygen atoms in total. The maximum atomic E-state index is 11.2. The lowest BCUT2D eigenvalue weighted by atomic mass is 10.2. The van der Waals surface area contributed by atoms with Crippen molar-refractivity contribution in [1.82, 2.24) is 9.97 Å². The van der Waals surface area contributed by atoms with Gasteiger partial charge in [0.1, 0.15) is 0 Å². The molecule has 0 aliphatic heterocycles. The molecule has 0 spiro atoms. The quantitative estimate of drug-likeness (QED) is 0.663. The normalized spacial score (nSPS) is 10.8. The standard InChI is InChI=1S/C11H6N2OS2/c14-11-15-9-2-1-7(5-10(9)16-11)8-6-12-3-4-13-8/h1-6H. The molecule has 3 rings (SSSR count). The first-order chi connectivity index (χ1) is 7.83. The molecule has 16 heavy (non-hydrogen) atoms. The van der Waals surface area contributed by atoms with Crippen LogP contribution in [0.15, 0.2) is 41.6 Å². The second kappa shape index (κ2) is 3.77. The SMILES string of the molecule is O=c1sc2ccc(-c3cnccn3)cc2s1. The summed E-state index contributed by atoms with van der Waals surface area (Å²) in [6.45, 7) is 0. The fourth-order valence-corrected chi connectivity index (χ4v) is 3.44. The second-order valence-electron chi connectivity index (χ2n) is 3.21. The Morgan fingerprint density at radius 3 is 2.75 bits per heavy atom. The van der Waals surface area contributed by atoms with Crippen LogP contribution < -0.4 is 4.06 Å². The van der Waals surface area contributed by atoms with Crippen molar-refractivity contribution < 1.29 is 0 Å². The van der Waals surface area contributed by atoms with Crippen LogP contribution in [0.1, 0.15) is 0 Å². The molecule has 0 radical (unpaired) electrons. The zero-order chi connectivity index (χ0) is 11.0. The molecule has 0 fully saturated rings. The molecule has 2 heterocycles. The van der Waals surface area contributed by atoms with Crippen molar-refractivity contribution in [3.8, 4) is 11.3 Å². The Morgan fingerprint density at radius 1 is 1.06 bits per heavy atom. The fraction of sp³-hybridized carbons (Fsp3) is 0. The molecule has 0 amide bonds. The molecule has 0 aliphatic rings. The van der Waals surface area contributed by atoms with E-state index in [0.717, 1.165) is 20.7 Å². The minimum atomic E-state index is 0.131. The van der Waals surface area contributed by atoms with Crippen molar-refractivity contribution in [2.45, 2.75) is 0 Å². The first kappa shape index (κ1) is 9.62. The predicted molar refractivity (Wildman–Crippen MR) is 67.0 cm³/mol. The molecule has 0 saturated carbocycles. The van der Waals surface area contributed by atoms with Crippen LogP contribution in [-0.4, -0.2) is 9.97 Å². The van der Waals surface area contributed by atoms with Crippen LogP contribution >= 0.6 is 22.7 Å². The van der Waals surface area contributed by atoms with Crippen LogP contribution in [0, 0.1) is 0 Å². The van der Waals surface area contributed by atoms with Crippen molar-refractivity contribution in [3.63, 3.8) is 0 Å². The van der Waals surface area contributed by atoms with Gasteiger partial charge in [-0.25, -0.2) is 0 Å². The van der Waals surface area contributed by atoms with Crippen LogP contribution in [-0.2, 0) is 0 Å². The van der Waals surface area contributed by atoms with Gasteiger partial charge in [-0.3, -0.25) is 14.8 Å². The van der Waals surface area contributed by atoms with Crippen LogP contribution in [0.2, 0.25) is 0 Å². The summed E-state index contributed by atoms with van der Waals surface area (Å²) in [5.41, 5.74) is 1.82. The Balaban J connectivity index is 2.22. The predicted octanol–water partition coefficient (Wildman–Crippen LogP) is 2.78. The summed E-state index contributed by atoms with van der Waals surface area (Å²) in [7, 11) is 0. The van der Waals surface area contributed by atoms with Crippen molar-refractivity contribution in [3.05, 3.63) is 45.6 Å². The lowest BCUT2D eigenvalue weighted by Crippen LogP contribution is -1.82. The van der Waals surface area contributed by atoms with Crippen LogP contribution in [0.3, 0.4) is 0 Å². The van der Waals surface area contributed by atoms with E-state index >= 15 is 0 Å². The molecule has 0 N–H and O–H groups in total. The van der Waals surface area contributed by atoms with Crippen LogP contribution in [0.5, 0.6) is 0 Å². The minimum absolute atomic E-state index is 0.131. The third-order valence-corrected chi connectivity index (χ3v) is 4.29. The molecule has 5 heteroatoms. The molecule has 2 aromatic heterocycles. The van der Waals surface area contributed by atoms with Crippen molar-refractivity contribution >= 4 is 32.1 Å². The molecular formula is C11H6N2OS2. The maximum Gasteiger partial charge on any atom is 0.288 e. The number of aromatic nitrogens is 2. The highest BCUT2D eigenvalue weighted by Gasteiger charge is 2.03. The third kappa shape index (κ3) is 1.64. The lowest BCUT2D eigenvalue weighted by Gasteiger charge is -1.98. The number of fused-ring (bicyclic) bond motifs is 1. The molecule has 78 valence electrons. The zero-order valence-electron chi connectivity index (χ0n) is 8.08. The lowest BCUT2D eigenvalue weighted by molar-refractivity contribution is 1.21. The molecule has 0 aliphatic carbocycles. The third-order valence-electron chi connectivity index (χ3n) is 2.19. The topological polar surface area (TPSA) is 42.9 Å². The summed E-state index contributed by atoms with van der Waals surface area (Å²) in [5.74, 6) is 0. The van der Waals surface area contributed by atoms with Gasteiger partial charge in [-0.2, -0.15) is 0 Å². The first-order valence-corrected chi connectivity index (χ1v) is 6.26. The van der Waals surface area contributed by atoms with Gasteiger partial charge in [0.05, 0.1) is 11.9 Å². The Morgan fingerprint density at radius 2 is 1.94 bits per heavy atom. The number of hydrogen-bond acceptors (Lipinski definition) is 5. The monoisotopic (exact) mass is 246 g/mol. The first-order valence-electron chi connectivity index (χ1n) is 4.63. The highest BCUT2D eigenvalue weighted by molar-refractivity contribution is 7.35. The molecule has 0 atom stereocenters. The summed E-state index contributed by atoms with van der Waals surface area (Å²) in [4.78, 5) is 19.5.